The first-order chi connectivity index (χ1) is 8.54. The van der Waals surface area contributed by atoms with E-state index < -0.39 is 0 Å². The van der Waals surface area contributed by atoms with Gasteiger partial charge in [0.1, 0.15) is 0 Å². The van der Waals surface area contributed by atoms with Crippen LogP contribution < -0.4 is 10.2 Å². The van der Waals surface area contributed by atoms with E-state index in [1.54, 1.807) is 0 Å². The maximum Gasteiger partial charge on any atom is 0.0694 e. The van der Waals surface area contributed by atoms with Crippen LogP contribution >= 0.6 is 11.6 Å². The van der Waals surface area contributed by atoms with Crippen LogP contribution in [0.2, 0.25) is 5.02 Å². The van der Waals surface area contributed by atoms with Gasteiger partial charge in [-0.05, 0) is 44.7 Å². The van der Waals surface area contributed by atoms with E-state index in [1.165, 1.54) is 11.3 Å². The summed E-state index contributed by atoms with van der Waals surface area (Å²) in [6.07, 6.45) is 0. The van der Waals surface area contributed by atoms with Gasteiger partial charge in [-0.1, -0.05) is 11.6 Å². The fraction of sp³-hybridized carbons (Fsp3) is 0.571. The Morgan fingerprint density at radius 1 is 1.44 bits per heavy atom. The molecule has 0 unspecified atom stereocenters. The molecule has 18 heavy (non-hydrogen) atoms. The van der Waals surface area contributed by atoms with Crippen LogP contribution in [0.3, 0.4) is 0 Å². The van der Waals surface area contributed by atoms with Crippen molar-refractivity contribution in [3.05, 3.63) is 28.8 Å². The second-order valence-electron chi connectivity index (χ2n) is 5.32. The minimum absolute atomic E-state index is 0.0224. The summed E-state index contributed by atoms with van der Waals surface area (Å²) in [7, 11) is 1.95. The predicted molar refractivity (Wildman–Crippen MR) is 76.5 cm³/mol. The highest BCUT2D eigenvalue weighted by molar-refractivity contribution is 6.30. The number of nitrogens with one attached hydrogen (secondary N) is 1. The van der Waals surface area contributed by atoms with Crippen LogP contribution in [0.15, 0.2) is 18.2 Å². The third-order valence-electron chi connectivity index (χ3n) is 3.34. The van der Waals surface area contributed by atoms with Crippen molar-refractivity contribution < 1.29 is 4.74 Å². The quantitative estimate of drug-likeness (QED) is 0.912. The second kappa shape index (κ2) is 5.47. The van der Waals surface area contributed by atoms with Crippen LogP contribution in [0.1, 0.15) is 19.4 Å². The van der Waals surface area contributed by atoms with Gasteiger partial charge in [0.2, 0.25) is 0 Å². The van der Waals surface area contributed by atoms with E-state index in [1.807, 2.05) is 19.2 Å². The van der Waals surface area contributed by atoms with Crippen LogP contribution in [0.5, 0.6) is 0 Å². The average Bonchev–Trinajstić information content (AvgIpc) is 2.30. The predicted octanol–water partition coefficient (Wildman–Crippen LogP) is 2.67. The van der Waals surface area contributed by atoms with E-state index in [0.29, 0.717) is 0 Å². The van der Waals surface area contributed by atoms with Crippen molar-refractivity contribution in [2.45, 2.75) is 25.9 Å². The van der Waals surface area contributed by atoms with Crippen molar-refractivity contribution in [2.24, 2.45) is 0 Å². The number of rotatable bonds is 3. The number of nitrogens with zero attached hydrogens (tertiary/aromatic N) is 1. The van der Waals surface area contributed by atoms with Gasteiger partial charge in [0, 0.05) is 23.8 Å². The van der Waals surface area contributed by atoms with Gasteiger partial charge in [-0.15, -0.1) is 0 Å². The molecule has 1 aliphatic heterocycles. The molecule has 4 heteroatoms. The fourth-order valence-electron chi connectivity index (χ4n) is 2.45. The Bertz CT molecular complexity index is 420. The van der Waals surface area contributed by atoms with Crippen molar-refractivity contribution in [3.63, 3.8) is 0 Å². The van der Waals surface area contributed by atoms with E-state index >= 15 is 0 Å². The van der Waals surface area contributed by atoms with Crippen LogP contribution in [-0.2, 0) is 11.3 Å². The van der Waals surface area contributed by atoms with Gasteiger partial charge < -0.3 is 15.0 Å². The Morgan fingerprint density at radius 2 is 2.22 bits per heavy atom. The van der Waals surface area contributed by atoms with Crippen molar-refractivity contribution in [2.75, 3.05) is 31.7 Å². The van der Waals surface area contributed by atoms with Crippen LogP contribution in [0.25, 0.3) is 0 Å². The number of morpholine rings is 1. The van der Waals surface area contributed by atoms with Crippen LogP contribution in [0, 0.1) is 0 Å². The standard InChI is InChI=1S/C14H21ClN2O/c1-14(2)10-18-7-6-17(14)13-5-4-12(15)8-11(13)9-16-3/h4-5,8,16H,6-7,9-10H2,1-3H3. The monoisotopic (exact) mass is 268 g/mol. The first kappa shape index (κ1) is 13.7. The van der Waals surface area contributed by atoms with Crippen molar-refractivity contribution in [3.8, 4) is 0 Å². The largest absolute Gasteiger partial charge is 0.377 e. The smallest absolute Gasteiger partial charge is 0.0694 e. The maximum atomic E-state index is 6.09. The summed E-state index contributed by atoms with van der Waals surface area (Å²) in [5.74, 6) is 0. The summed E-state index contributed by atoms with van der Waals surface area (Å²) >= 11 is 6.09. The highest BCUT2D eigenvalue weighted by atomic mass is 35.5. The zero-order chi connectivity index (χ0) is 13.2. The van der Waals surface area contributed by atoms with E-state index in [-0.39, 0.29) is 5.54 Å². The second-order valence-corrected chi connectivity index (χ2v) is 5.76. The summed E-state index contributed by atoms with van der Waals surface area (Å²) < 4.78 is 5.58. The number of benzene rings is 1. The third kappa shape index (κ3) is 2.79. The Kier molecular flexibility index (Phi) is 4.15. The lowest BCUT2D eigenvalue weighted by molar-refractivity contribution is 0.0643. The molecule has 100 valence electrons. The van der Waals surface area contributed by atoms with Gasteiger partial charge in [-0.3, -0.25) is 0 Å². The van der Waals surface area contributed by atoms with Crippen molar-refractivity contribution in [1.82, 2.24) is 5.32 Å². The molecule has 0 atom stereocenters. The Hall–Kier alpha value is -0.770. The van der Waals surface area contributed by atoms with Gasteiger partial charge in [0.25, 0.3) is 0 Å². The minimum atomic E-state index is 0.0224. The van der Waals surface area contributed by atoms with Crippen molar-refractivity contribution in [1.29, 1.82) is 0 Å². The summed E-state index contributed by atoms with van der Waals surface area (Å²) in [4.78, 5) is 2.42. The minimum Gasteiger partial charge on any atom is -0.377 e. The van der Waals surface area contributed by atoms with E-state index in [9.17, 15) is 0 Å². The molecule has 0 bridgehead atoms. The molecule has 2 rings (SSSR count). The number of anilines is 1. The number of ether oxygens (including phenoxy) is 1. The number of hydrogen-bond acceptors (Lipinski definition) is 3. The van der Waals surface area contributed by atoms with E-state index in [0.717, 1.165) is 31.3 Å². The first-order valence-corrected chi connectivity index (χ1v) is 6.71. The summed E-state index contributed by atoms with van der Waals surface area (Å²) in [5, 5.41) is 3.99. The molecule has 1 aromatic carbocycles. The summed E-state index contributed by atoms with van der Waals surface area (Å²) in [5.41, 5.74) is 2.51. The third-order valence-corrected chi connectivity index (χ3v) is 3.58. The van der Waals surface area contributed by atoms with Crippen LogP contribution in [-0.4, -0.2) is 32.3 Å². The van der Waals surface area contributed by atoms with Gasteiger partial charge in [0.05, 0.1) is 18.8 Å². The van der Waals surface area contributed by atoms with Gasteiger partial charge in [-0.2, -0.15) is 0 Å². The molecule has 0 radical (unpaired) electrons. The first-order valence-electron chi connectivity index (χ1n) is 6.33. The van der Waals surface area contributed by atoms with Gasteiger partial charge in [0.15, 0.2) is 0 Å². The molecule has 0 saturated carbocycles. The molecule has 1 fully saturated rings. The molecule has 0 spiro atoms. The zero-order valence-electron chi connectivity index (χ0n) is 11.3. The molecule has 1 heterocycles. The van der Waals surface area contributed by atoms with E-state index in [4.69, 9.17) is 16.3 Å². The van der Waals surface area contributed by atoms with Crippen LogP contribution in [0.4, 0.5) is 5.69 Å². The fourth-order valence-corrected chi connectivity index (χ4v) is 2.65. The molecular weight excluding hydrogens is 248 g/mol. The van der Waals surface area contributed by atoms with Gasteiger partial charge in [-0.25, -0.2) is 0 Å². The summed E-state index contributed by atoms with van der Waals surface area (Å²) in [6, 6.07) is 6.11. The summed E-state index contributed by atoms with van der Waals surface area (Å²) in [6.45, 7) is 7.71. The Labute approximate surface area is 114 Å². The molecule has 0 aromatic heterocycles. The molecule has 3 nitrogen and oxygen atoms in total. The normalized spacial score (nSPS) is 19.0. The topological polar surface area (TPSA) is 24.5 Å². The maximum absolute atomic E-state index is 6.09. The Balaban J connectivity index is 2.36. The van der Waals surface area contributed by atoms with Crippen molar-refractivity contribution >= 4 is 17.3 Å². The molecule has 1 aromatic rings. The Morgan fingerprint density at radius 3 is 2.89 bits per heavy atom. The highest BCUT2D eigenvalue weighted by Gasteiger charge is 2.31. The molecule has 1 saturated heterocycles. The lowest BCUT2D eigenvalue weighted by Crippen LogP contribution is -2.53. The average molecular weight is 269 g/mol. The lowest BCUT2D eigenvalue weighted by atomic mass is 9.99. The molecule has 0 amide bonds. The number of hydrogen-bond donors (Lipinski definition) is 1. The van der Waals surface area contributed by atoms with Gasteiger partial charge >= 0.3 is 0 Å². The number of halogens is 1. The zero-order valence-corrected chi connectivity index (χ0v) is 12.0. The molecule has 1 aliphatic rings. The molecule has 0 aliphatic carbocycles. The highest BCUT2D eigenvalue weighted by Crippen LogP contribution is 2.31. The molecular formula is C14H21ClN2O. The SMILES string of the molecule is CNCc1cc(Cl)ccc1N1CCOCC1(C)C. The molecule has 1 N–H and O–H groups in total. The van der Waals surface area contributed by atoms with E-state index in [2.05, 4.69) is 30.1 Å². The lowest BCUT2D eigenvalue weighted by Gasteiger charge is -2.44.